The van der Waals surface area contributed by atoms with Crippen LogP contribution in [0.1, 0.15) is 25.8 Å². The van der Waals surface area contributed by atoms with Crippen LogP contribution in [0.5, 0.6) is 5.75 Å². The number of guanidine groups is 1. The molecule has 3 unspecified atom stereocenters. The van der Waals surface area contributed by atoms with Gasteiger partial charge in [0.15, 0.2) is 5.96 Å². The monoisotopic (exact) mass is 513 g/mol. The van der Waals surface area contributed by atoms with Crippen LogP contribution >= 0.6 is 24.0 Å². The fourth-order valence-corrected chi connectivity index (χ4v) is 4.12. The smallest absolute Gasteiger partial charge is 0.419 e. The Kier molecular flexibility index (Phi) is 7.46. The average Bonchev–Trinajstić information content (AvgIpc) is 3.07. The predicted molar refractivity (Wildman–Crippen MR) is 112 cm³/mol. The van der Waals surface area contributed by atoms with Gasteiger partial charge >= 0.3 is 6.18 Å². The second-order valence-corrected chi connectivity index (χ2v) is 7.53. The first-order valence-electron chi connectivity index (χ1n) is 9.13. The number of hydrogen-bond acceptors (Lipinski definition) is 3. The van der Waals surface area contributed by atoms with Crippen molar-refractivity contribution < 1.29 is 22.6 Å². The average molecular weight is 513 g/mol. The summed E-state index contributed by atoms with van der Waals surface area (Å²) in [5.74, 6) is 0.917. The molecule has 28 heavy (non-hydrogen) atoms. The lowest BCUT2D eigenvalue weighted by Crippen LogP contribution is -2.68. The van der Waals surface area contributed by atoms with Gasteiger partial charge in [-0.05, 0) is 18.6 Å². The molecule has 0 aromatic heterocycles. The zero-order chi connectivity index (χ0) is 19.7. The molecule has 1 heterocycles. The van der Waals surface area contributed by atoms with Gasteiger partial charge in [0.05, 0.1) is 18.2 Å². The molecule has 0 amide bonds. The van der Waals surface area contributed by atoms with Gasteiger partial charge in [0, 0.05) is 31.0 Å². The van der Waals surface area contributed by atoms with Gasteiger partial charge in [0.1, 0.15) is 12.4 Å². The van der Waals surface area contributed by atoms with E-state index in [0.29, 0.717) is 18.4 Å². The zero-order valence-electron chi connectivity index (χ0n) is 16.2. The summed E-state index contributed by atoms with van der Waals surface area (Å²) in [5, 5.41) is 6.53. The normalized spacial score (nSPS) is 25.9. The van der Waals surface area contributed by atoms with Crippen molar-refractivity contribution in [1.29, 1.82) is 0 Å². The van der Waals surface area contributed by atoms with Crippen LogP contribution in [0.15, 0.2) is 29.3 Å². The number of halogens is 4. The SMILES string of the molecule is CN=C(NCCOc1ccccc1C(F)(F)F)NC1C2CCOC2C1(C)C.I. The third-order valence-corrected chi connectivity index (χ3v) is 5.46. The molecule has 2 aliphatic rings. The summed E-state index contributed by atoms with van der Waals surface area (Å²) in [4.78, 5) is 4.21. The molecule has 1 saturated carbocycles. The molecule has 2 N–H and O–H groups in total. The van der Waals surface area contributed by atoms with E-state index in [0.717, 1.165) is 19.1 Å². The Balaban J connectivity index is 0.00000280. The van der Waals surface area contributed by atoms with Crippen molar-refractivity contribution in [2.24, 2.45) is 16.3 Å². The topological polar surface area (TPSA) is 54.9 Å². The van der Waals surface area contributed by atoms with Crippen LogP contribution in [0.4, 0.5) is 13.2 Å². The molecule has 1 aromatic rings. The van der Waals surface area contributed by atoms with Gasteiger partial charge in [0.2, 0.25) is 0 Å². The number of nitrogens with one attached hydrogen (secondary N) is 2. The fraction of sp³-hybridized carbons (Fsp3) is 0.632. The third kappa shape index (κ3) is 4.67. The molecular formula is C19H27F3IN3O2. The van der Waals surface area contributed by atoms with Crippen LogP contribution in [-0.2, 0) is 10.9 Å². The van der Waals surface area contributed by atoms with Gasteiger partial charge in [0.25, 0.3) is 0 Å². The molecule has 0 spiro atoms. The molecule has 158 valence electrons. The van der Waals surface area contributed by atoms with Crippen LogP contribution in [0.25, 0.3) is 0 Å². The number of para-hydroxylation sites is 1. The predicted octanol–water partition coefficient (Wildman–Crippen LogP) is 3.68. The van der Waals surface area contributed by atoms with Crippen molar-refractivity contribution in [2.45, 2.75) is 38.6 Å². The van der Waals surface area contributed by atoms with Crippen molar-refractivity contribution in [1.82, 2.24) is 10.6 Å². The van der Waals surface area contributed by atoms with Gasteiger partial charge in [-0.2, -0.15) is 13.2 Å². The number of ether oxygens (including phenoxy) is 2. The molecule has 5 nitrogen and oxygen atoms in total. The summed E-state index contributed by atoms with van der Waals surface area (Å²) in [6, 6.07) is 5.47. The van der Waals surface area contributed by atoms with E-state index in [1.165, 1.54) is 18.2 Å². The summed E-state index contributed by atoms with van der Waals surface area (Å²) in [6.45, 7) is 5.55. The highest BCUT2D eigenvalue weighted by molar-refractivity contribution is 14.0. The maximum absolute atomic E-state index is 13.0. The van der Waals surface area contributed by atoms with E-state index in [-0.39, 0.29) is 53.9 Å². The Morgan fingerprint density at radius 2 is 2.04 bits per heavy atom. The van der Waals surface area contributed by atoms with Crippen molar-refractivity contribution in [3.63, 3.8) is 0 Å². The highest BCUT2D eigenvalue weighted by Crippen LogP contribution is 2.52. The standard InChI is InChI=1S/C19H26F3N3O2.HI/c1-18(2)15(12-8-10-27-16(12)18)25-17(23-3)24-9-11-26-14-7-5-4-6-13(14)19(20,21)22;/h4-7,12,15-16H,8-11H2,1-3H3,(H2,23,24,25);1H. The van der Waals surface area contributed by atoms with Crippen molar-refractivity contribution >= 4 is 29.9 Å². The molecule has 2 fully saturated rings. The summed E-state index contributed by atoms with van der Waals surface area (Å²) in [6.07, 6.45) is -3.13. The molecule has 1 aromatic carbocycles. The van der Waals surface area contributed by atoms with Gasteiger partial charge in [-0.25, -0.2) is 0 Å². The quantitative estimate of drug-likeness (QED) is 0.273. The number of benzene rings is 1. The largest absolute Gasteiger partial charge is 0.491 e. The lowest BCUT2D eigenvalue weighted by molar-refractivity contribution is -0.138. The number of nitrogens with zero attached hydrogens (tertiary/aromatic N) is 1. The molecule has 1 saturated heterocycles. The van der Waals surface area contributed by atoms with Crippen molar-refractivity contribution in [3.8, 4) is 5.75 Å². The second kappa shape index (κ2) is 9.06. The Bertz CT molecular complexity index is 697. The lowest BCUT2D eigenvalue weighted by Gasteiger charge is -2.54. The summed E-state index contributed by atoms with van der Waals surface area (Å²) < 4.78 is 50.0. The first-order chi connectivity index (χ1) is 12.7. The van der Waals surface area contributed by atoms with E-state index in [2.05, 4.69) is 29.5 Å². The maximum atomic E-state index is 13.0. The molecule has 1 aliphatic carbocycles. The van der Waals surface area contributed by atoms with Crippen LogP contribution in [-0.4, -0.2) is 44.9 Å². The van der Waals surface area contributed by atoms with Crippen molar-refractivity contribution in [3.05, 3.63) is 29.8 Å². The van der Waals surface area contributed by atoms with Crippen LogP contribution in [0, 0.1) is 11.3 Å². The second-order valence-electron chi connectivity index (χ2n) is 7.53. The van der Waals surface area contributed by atoms with Crippen LogP contribution < -0.4 is 15.4 Å². The van der Waals surface area contributed by atoms with E-state index in [9.17, 15) is 13.2 Å². The van der Waals surface area contributed by atoms with Gasteiger partial charge in [-0.15, -0.1) is 24.0 Å². The molecule has 0 bridgehead atoms. The van der Waals surface area contributed by atoms with E-state index >= 15 is 0 Å². The highest BCUT2D eigenvalue weighted by Gasteiger charge is 2.59. The Hall–Kier alpha value is -1.23. The summed E-state index contributed by atoms with van der Waals surface area (Å²) in [5.41, 5.74) is -0.753. The molecule has 9 heteroatoms. The highest BCUT2D eigenvalue weighted by atomic mass is 127. The molecule has 0 radical (unpaired) electrons. The summed E-state index contributed by atoms with van der Waals surface area (Å²) in [7, 11) is 1.67. The number of rotatable bonds is 5. The number of hydrogen-bond donors (Lipinski definition) is 2. The Morgan fingerprint density at radius 1 is 1.32 bits per heavy atom. The van der Waals surface area contributed by atoms with Crippen LogP contribution in [0.3, 0.4) is 0 Å². The van der Waals surface area contributed by atoms with E-state index in [1.807, 2.05) is 0 Å². The van der Waals surface area contributed by atoms with E-state index in [1.54, 1.807) is 7.05 Å². The Labute approximate surface area is 180 Å². The maximum Gasteiger partial charge on any atom is 0.419 e. The molecule has 3 rings (SSSR count). The van der Waals surface area contributed by atoms with E-state index < -0.39 is 11.7 Å². The van der Waals surface area contributed by atoms with Gasteiger partial charge in [-0.1, -0.05) is 26.0 Å². The zero-order valence-corrected chi connectivity index (χ0v) is 18.5. The Morgan fingerprint density at radius 3 is 2.71 bits per heavy atom. The number of alkyl halides is 3. The minimum atomic E-state index is -4.43. The lowest BCUT2D eigenvalue weighted by atomic mass is 9.57. The number of aliphatic imine (C=N–C) groups is 1. The first-order valence-corrected chi connectivity index (χ1v) is 9.13. The summed E-state index contributed by atoms with van der Waals surface area (Å²) >= 11 is 0. The van der Waals surface area contributed by atoms with Gasteiger partial charge < -0.3 is 20.1 Å². The molecular weight excluding hydrogens is 486 g/mol. The fourth-order valence-electron chi connectivity index (χ4n) is 4.12. The number of fused-ring (bicyclic) bond motifs is 1. The van der Waals surface area contributed by atoms with Crippen LogP contribution in [0.2, 0.25) is 0 Å². The third-order valence-electron chi connectivity index (χ3n) is 5.46. The minimum absolute atomic E-state index is 0. The van der Waals surface area contributed by atoms with E-state index in [4.69, 9.17) is 9.47 Å². The minimum Gasteiger partial charge on any atom is -0.491 e. The molecule has 1 aliphatic heterocycles. The van der Waals surface area contributed by atoms with Crippen molar-refractivity contribution in [2.75, 3.05) is 26.8 Å². The molecule has 3 atom stereocenters. The van der Waals surface area contributed by atoms with Gasteiger partial charge in [-0.3, -0.25) is 4.99 Å². The first kappa shape index (κ1) is 23.1.